The Bertz CT molecular complexity index is 941. The minimum absolute atomic E-state index is 0.0202. The summed E-state index contributed by atoms with van der Waals surface area (Å²) in [5, 5.41) is 5.33. The zero-order valence-corrected chi connectivity index (χ0v) is 15.9. The van der Waals surface area contributed by atoms with E-state index >= 15 is 4.39 Å². The molecule has 3 aliphatic heterocycles. The van der Waals surface area contributed by atoms with Gasteiger partial charge in [0.05, 0.1) is 16.8 Å². The predicted molar refractivity (Wildman–Crippen MR) is 97.3 cm³/mol. The van der Waals surface area contributed by atoms with Crippen LogP contribution >= 0.6 is 0 Å². The molecule has 1 aromatic rings. The van der Waals surface area contributed by atoms with Crippen LogP contribution in [0.3, 0.4) is 0 Å². The number of anilines is 1. The molecule has 4 rings (SSSR count). The van der Waals surface area contributed by atoms with Gasteiger partial charge in [-0.05, 0) is 20.3 Å². The number of nitrogens with one attached hydrogen (secondary N) is 2. The molecule has 8 nitrogen and oxygen atoms in total. The molecule has 0 saturated carbocycles. The van der Waals surface area contributed by atoms with Crippen LogP contribution < -0.4 is 15.5 Å². The van der Waals surface area contributed by atoms with Gasteiger partial charge in [-0.2, -0.15) is 0 Å². The molecule has 2 saturated heterocycles. The highest BCUT2D eigenvalue weighted by Gasteiger charge is 2.48. The van der Waals surface area contributed by atoms with E-state index in [0.29, 0.717) is 18.0 Å². The zero-order valence-electron chi connectivity index (χ0n) is 15.9. The number of piperidine rings is 1. The average molecular weight is 406 g/mol. The first-order valence-electron chi connectivity index (χ1n) is 9.43. The van der Waals surface area contributed by atoms with Crippen LogP contribution in [-0.4, -0.2) is 59.7 Å². The first kappa shape index (κ1) is 19.4. The Morgan fingerprint density at radius 1 is 1.00 bits per heavy atom. The number of hydrogen-bond acceptors (Lipinski definition) is 6. The van der Waals surface area contributed by atoms with Gasteiger partial charge in [0.15, 0.2) is 5.82 Å². The van der Waals surface area contributed by atoms with E-state index in [0.717, 1.165) is 6.07 Å². The van der Waals surface area contributed by atoms with E-state index in [-0.39, 0.29) is 30.6 Å². The highest BCUT2D eigenvalue weighted by Crippen LogP contribution is 2.36. The molecule has 3 heterocycles. The third kappa shape index (κ3) is 3.07. The number of rotatable bonds is 2. The molecule has 0 aromatic heterocycles. The van der Waals surface area contributed by atoms with Crippen LogP contribution in [0.1, 0.15) is 47.4 Å². The molecule has 2 fully saturated rings. The van der Waals surface area contributed by atoms with Crippen molar-refractivity contribution < 1.29 is 28.0 Å². The maximum Gasteiger partial charge on any atom is 0.265 e. The Labute approximate surface area is 165 Å². The molecule has 10 heteroatoms. The summed E-state index contributed by atoms with van der Waals surface area (Å²) in [5.74, 6) is -5.47. The lowest BCUT2D eigenvalue weighted by Gasteiger charge is -2.38. The van der Waals surface area contributed by atoms with Gasteiger partial charge in [0.25, 0.3) is 11.8 Å². The number of hydrogen-bond donors (Lipinski definition) is 2. The van der Waals surface area contributed by atoms with Crippen molar-refractivity contribution in [1.82, 2.24) is 15.5 Å². The van der Waals surface area contributed by atoms with Gasteiger partial charge in [0.2, 0.25) is 11.8 Å². The van der Waals surface area contributed by atoms with Crippen molar-refractivity contribution in [3.63, 3.8) is 0 Å². The van der Waals surface area contributed by atoms with Gasteiger partial charge in [0, 0.05) is 37.7 Å². The van der Waals surface area contributed by atoms with Gasteiger partial charge >= 0.3 is 0 Å². The van der Waals surface area contributed by atoms with Gasteiger partial charge in [-0.3, -0.25) is 29.4 Å². The smallest absolute Gasteiger partial charge is 0.265 e. The Hall–Kier alpha value is -2.88. The highest BCUT2D eigenvalue weighted by molar-refractivity contribution is 6.24. The van der Waals surface area contributed by atoms with Crippen LogP contribution in [0.4, 0.5) is 14.5 Å². The fourth-order valence-corrected chi connectivity index (χ4v) is 4.32. The van der Waals surface area contributed by atoms with Gasteiger partial charge in [-0.15, -0.1) is 0 Å². The summed E-state index contributed by atoms with van der Waals surface area (Å²) >= 11 is 0. The van der Waals surface area contributed by atoms with E-state index in [4.69, 9.17) is 0 Å². The molecule has 0 aliphatic carbocycles. The van der Waals surface area contributed by atoms with Crippen LogP contribution in [-0.2, 0) is 9.59 Å². The van der Waals surface area contributed by atoms with Crippen molar-refractivity contribution in [2.75, 3.05) is 18.0 Å². The van der Waals surface area contributed by atoms with E-state index in [1.165, 1.54) is 0 Å². The number of amides is 4. The van der Waals surface area contributed by atoms with Crippen molar-refractivity contribution in [2.45, 2.75) is 44.8 Å². The summed E-state index contributed by atoms with van der Waals surface area (Å²) in [5.41, 5.74) is -1.42. The molecule has 0 radical (unpaired) electrons. The predicted octanol–water partition coefficient (Wildman–Crippen LogP) is 0.553. The molecule has 4 amide bonds. The largest absolute Gasteiger partial charge is 0.366 e. The van der Waals surface area contributed by atoms with E-state index in [2.05, 4.69) is 5.32 Å². The number of carbonyl (C=O) groups excluding carboxylic acids is 4. The summed E-state index contributed by atoms with van der Waals surface area (Å²) in [6.07, 6.45) is -0.157. The molecule has 3 atom stereocenters. The second-order valence-corrected chi connectivity index (χ2v) is 7.76. The number of imide groups is 2. The van der Waals surface area contributed by atoms with Crippen molar-refractivity contribution >= 4 is 29.3 Å². The first-order valence-corrected chi connectivity index (χ1v) is 9.43. The number of carbonyl (C=O) groups is 4. The standard InChI is InChI=1S/C19H20F2N4O4/c1-8-6-24(7-9(2)22-8)12-5-10(20)14-15(16(12)21)19(29)25(18(14)28)11-3-4-13(26)23-17(11)27/h5,8-9,11,22H,3-4,6-7H2,1-2H3,(H,23,26,27). The number of piperazine rings is 1. The summed E-state index contributed by atoms with van der Waals surface area (Å²) in [7, 11) is 0. The summed E-state index contributed by atoms with van der Waals surface area (Å²) in [4.78, 5) is 51.2. The molecule has 1 aromatic carbocycles. The third-order valence-corrected chi connectivity index (χ3v) is 5.48. The quantitative estimate of drug-likeness (QED) is 0.697. The van der Waals surface area contributed by atoms with Crippen LogP contribution in [0.25, 0.3) is 0 Å². The van der Waals surface area contributed by atoms with Gasteiger partial charge in [-0.25, -0.2) is 8.78 Å². The summed E-state index contributed by atoms with van der Waals surface area (Å²) in [6.45, 7) is 4.62. The second kappa shape index (κ2) is 6.87. The van der Waals surface area contributed by atoms with Crippen molar-refractivity contribution in [2.24, 2.45) is 0 Å². The van der Waals surface area contributed by atoms with E-state index in [1.54, 1.807) is 4.90 Å². The fourth-order valence-electron chi connectivity index (χ4n) is 4.32. The molecule has 0 bridgehead atoms. The molecule has 0 spiro atoms. The van der Waals surface area contributed by atoms with Crippen LogP contribution in [0.5, 0.6) is 0 Å². The lowest BCUT2D eigenvalue weighted by molar-refractivity contribution is -0.136. The minimum atomic E-state index is -1.28. The Kier molecular flexibility index (Phi) is 4.60. The van der Waals surface area contributed by atoms with Crippen molar-refractivity contribution in [3.8, 4) is 0 Å². The van der Waals surface area contributed by atoms with Crippen LogP contribution in [0, 0.1) is 11.6 Å². The van der Waals surface area contributed by atoms with Gasteiger partial charge in [-0.1, -0.05) is 0 Å². The number of halogens is 2. The lowest BCUT2D eigenvalue weighted by Crippen LogP contribution is -2.54. The molecule has 2 N–H and O–H groups in total. The van der Waals surface area contributed by atoms with Crippen molar-refractivity contribution in [3.05, 3.63) is 28.8 Å². The monoisotopic (exact) mass is 406 g/mol. The zero-order chi connectivity index (χ0) is 21.0. The third-order valence-electron chi connectivity index (χ3n) is 5.48. The normalized spacial score (nSPS) is 27.4. The summed E-state index contributed by atoms with van der Waals surface area (Å²) < 4.78 is 30.2. The summed E-state index contributed by atoms with van der Waals surface area (Å²) in [6, 6.07) is -0.307. The molecule has 3 aliphatic rings. The molecule has 3 unspecified atom stereocenters. The van der Waals surface area contributed by atoms with Crippen LogP contribution in [0.2, 0.25) is 0 Å². The van der Waals surface area contributed by atoms with Gasteiger partial charge < -0.3 is 10.2 Å². The molecular weight excluding hydrogens is 386 g/mol. The van der Waals surface area contributed by atoms with E-state index in [9.17, 15) is 23.6 Å². The average Bonchev–Trinajstić information content (AvgIpc) is 2.89. The molecule has 29 heavy (non-hydrogen) atoms. The first-order chi connectivity index (χ1) is 13.7. The number of nitrogens with zero attached hydrogens (tertiary/aromatic N) is 2. The SMILES string of the molecule is CC1CN(c2cc(F)c3c(c2F)C(=O)N(C2CCC(=O)NC2=O)C3=O)CC(C)N1. The van der Waals surface area contributed by atoms with Gasteiger partial charge in [0.1, 0.15) is 11.9 Å². The van der Waals surface area contributed by atoms with E-state index in [1.807, 2.05) is 19.2 Å². The minimum Gasteiger partial charge on any atom is -0.366 e. The highest BCUT2D eigenvalue weighted by atomic mass is 19.1. The Morgan fingerprint density at radius 3 is 2.24 bits per heavy atom. The second-order valence-electron chi connectivity index (χ2n) is 7.76. The Balaban J connectivity index is 1.74. The number of fused-ring (bicyclic) bond motifs is 1. The van der Waals surface area contributed by atoms with E-state index < -0.39 is 52.4 Å². The topological polar surface area (TPSA) is 98.8 Å². The maximum atomic E-state index is 15.3. The molecule has 154 valence electrons. The lowest BCUT2D eigenvalue weighted by atomic mass is 10.0. The number of benzene rings is 1. The van der Waals surface area contributed by atoms with Crippen molar-refractivity contribution in [1.29, 1.82) is 0 Å². The van der Waals surface area contributed by atoms with Crippen LogP contribution in [0.15, 0.2) is 6.07 Å². The molecular formula is C19H20F2N4O4. The Morgan fingerprint density at radius 2 is 1.62 bits per heavy atom. The fraction of sp³-hybridized carbons (Fsp3) is 0.474. The maximum absolute atomic E-state index is 15.3.